The van der Waals surface area contributed by atoms with Crippen molar-refractivity contribution in [2.45, 2.75) is 6.04 Å². The molecule has 5 rings (SSSR count). The topological polar surface area (TPSA) is 119 Å². The molecular formula is C17H12N6O2. The summed E-state index contributed by atoms with van der Waals surface area (Å²) in [5.41, 5.74) is 3.76. The van der Waals surface area contributed by atoms with Gasteiger partial charge < -0.3 is 15.3 Å². The van der Waals surface area contributed by atoms with E-state index in [2.05, 4.69) is 30.5 Å². The number of nitrogens with one attached hydrogen (secondary N) is 4. The lowest BCUT2D eigenvalue weighted by Crippen LogP contribution is -2.28. The summed E-state index contributed by atoms with van der Waals surface area (Å²) in [6, 6.07) is 7.38. The first kappa shape index (κ1) is 13.7. The van der Waals surface area contributed by atoms with E-state index < -0.39 is 17.3 Å². The molecule has 0 amide bonds. The Bertz CT molecular complexity index is 1240. The smallest absolute Gasteiger partial charge is 0.325 e. The molecule has 0 aliphatic carbocycles. The van der Waals surface area contributed by atoms with Crippen molar-refractivity contribution < 1.29 is 0 Å². The predicted molar refractivity (Wildman–Crippen MR) is 92.5 cm³/mol. The van der Waals surface area contributed by atoms with E-state index in [0.717, 1.165) is 27.8 Å². The fraction of sp³-hybridized carbons (Fsp3) is 0.0588. The molecule has 4 heterocycles. The van der Waals surface area contributed by atoms with Gasteiger partial charge in [-0.15, -0.1) is 5.10 Å². The number of H-pyrrole nitrogens is 3. The second kappa shape index (κ2) is 4.91. The van der Waals surface area contributed by atoms with E-state index in [4.69, 9.17) is 0 Å². The van der Waals surface area contributed by atoms with Crippen LogP contribution in [0.25, 0.3) is 22.2 Å². The van der Waals surface area contributed by atoms with Gasteiger partial charge in [0.15, 0.2) is 5.65 Å². The highest BCUT2D eigenvalue weighted by atomic mass is 16.2. The van der Waals surface area contributed by atoms with Gasteiger partial charge in [-0.25, -0.2) is 4.79 Å². The van der Waals surface area contributed by atoms with Gasteiger partial charge in [0.05, 0.1) is 17.8 Å². The summed E-state index contributed by atoms with van der Waals surface area (Å²) in [5, 5.41) is 12.5. The van der Waals surface area contributed by atoms with Gasteiger partial charge in [0.1, 0.15) is 0 Å². The molecule has 1 atom stereocenters. The lowest BCUT2D eigenvalue weighted by molar-refractivity contribution is 0.881. The zero-order valence-corrected chi connectivity index (χ0v) is 12.8. The molecule has 1 aromatic carbocycles. The molecule has 0 radical (unpaired) electrons. The van der Waals surface area contributed by atoms with Crippen LogP contribution in [-0.2, 0) is 0 Å². The second-order valence-electron chi connectivity index (χ2n) is 5.88. The Morgan fingerprint density at radius 3 is 2.68 bits per heavy atom. The minimum atomic E-state index is -0.534. The Morgan fingerprint density at radius 1 is 0.960 bits per heavy atom. The molecule has 1 unspecified atom stereocenters. The molecule has 1 aliphatic rings. The maximum atomic E-state index is 12.4. The number of rotatable bonds is 1. The van der Waals surface area contributed by atoms with Gasteiger partial charge in [0, 0.05) is 40.2 Å². The van der Waals surface area contributed by atoms with Crippen molar-refractivity contribution in [1.82, 2.24) is 25.1 Å². The van der Waals surface area contributed by atoms with E-state index in [1.165, 1.54) is 6.20 Å². The molecule has 0 saturated heterocycles. The van der Waals surface area contributed by atoms with Crippen molar-refractivity contribution in [1.29, 1.82) is 0 Å². The molecule has 0 saturated carbocycles. The first-order valence-electron chi connectivity index (χ1n) is 7.73. The van der Waals surface area contributed by atoms with Crippen LogP contribution < -0.4 is 16.6 Å². The third-order valence-electron chi connectivity index (χ3n) is 4.49. The highest BCUT2D eigenvalue weighted by molar-refractivity contribution is 6.00. The summed E-state index contributed by atoms with van der Waals surface area (Å²) in [5.74, 6) is 0. The quantitative estimate of drug-likeness (QED) is 0.421. The fourth-order valence-electron chi connectivity index (χ4n) is 3.39. The average molecular weight is 332 g/mol. The standard InChI is InChI=1S/C17H12N6O2/c24-16-11(6-19-17(25)22-16)14-10-5-18-15-13(10)9(7-20-23-15)8-3-1-2-4-12(8)21-14/h1-7,14,21H,(H,18,23)(H2,19,22,24,25). The molecule has 4 N–H and O–H groups in total. The summed E-state index contributed by atoms with van der Waals surface area (Å²) in [7, 11) is 0. The largest absolute Gasteiger partial charge is 0.373 e. The van der Waals surface area contributed by atoms with Crippen molar-refractivity contribution in [3.05, 3.63) is 74.8 Å². The summed E-state index contributed by atoms with van der Waals surface area (Å²) in [6.45, 7) is 0. The van der Waals surface area contributed by atoms with Gasteiger partial charge in [-0.3, -0.25) is 9.78 Å². The Labute approximate surface area is 140 Å². The van der Waals surface area contributed by atoms with Gasteiger partial charge in [0.25, 0.3) is 5.56 Å². The van der Waals surface area contributed by atoms with Crippen LogP contribution in [0.5, 0.6) is 0 Å². The molecule has 0 fully saturated rings. The Balaban J connectivity index is 1.88. The molecule has 0 spiro atoms. The Hall–Kier alpha value is -3.68. The highest BCUT2D eigenvalue weighted by Gasteiger charge is 2.27. The first-order chi connectivity index (χ1) is 12.2. The maximum absolute atomic E-state index is 12.4. The van der Waals surface area contributed by atoms with E-state index in [1.807, 2.05) is 30.5 Å². The van der Waals surface area contributed by atoms with Crippen molar-refractivity contribution in [3.63, 3.8) is 0 Å². The van der Waals surface area contributed by atoms with E-state index in [0.29, 0.717) is 11.2 Å². The average Bonchev–Trinajstić information content (AvgIpc) is 2.98. The van der Waals surface area contributed by atoms with E-state index >= 15 is 0 Å². The summed E-state index contributed by atoms with van der Waals surface area (Å²) >= 11 is 0. The molecule has 3 aromatic heterocycles. The number of anilines is 1. The van der Waals surface area contributed by atoms with Crippen molar-refractivity contribution in [3.8, 4) is 11.1 Å². The minimum Gasteiger partial charge on any atom is -0.373 e. The van der Waals surface area contributed by atoms with Crippen LogP contribution in [0, 0.1) is 0 Å². The van der Waals surface area contributed by atoms with Crippen LogP contribution in [0.2, 0.25) is 0 Å². The van der Waals surface area contributed by atoms with Gasteiger partial charge in [-0.1, -0.05) is 18.2 Å². The van der Waals surface area contributed by atoms with Crippen LogP contribution >= 0.6 is 0 Å². The number of para-hydroxylation sites is 1. The SMILES string of the molecule is O=c1[nH]cc(C2Nc3ccccc3-c3cnnc4[nH]cc2c34)c(=O)[nH]1. The summed E-state index contributed by atoms with van der Waals surface area (Å²) < 4.78 is 0. The number of hydrogen-bond acceptors (Lipinski definition) is 5. The van der Waals surface area contributed by atoms with Gasteiger partial charge in [-0.2, -0.15) is 5.10 Å². The molecule has 0 bridgehead atoms. The normalized spacial score (nSPS) is 15.4. The molecule has 122 valence electrons. The third kappa shape index (κ3) is 1.94. The van der Waals surface area contributed by atoms with Crippen LogP contribution in [0.3, 0.4) is 0 Å². The number of aromatic nitrogens is 5. The summed E-state index contributed by atoms with van der Waals surface area (Å²) in [4.78, 5) is 31.7. The van der Waals surface area contributed by atoms with Crippen molar-refractivity contribution in [2.24, 2.45) is 0 Å². The fourth-order valence-corrected chi connectivity index (χ4v) is 3.39. The first-order valence-corrected chi connectivity index (χ1v) is 7.73. The number of fused-ring (bicyclic) bond motifs is 2. The molecule has 1 aliphatic heterocycles. The lowest BCUT2D eigenvalue weighted by Gasteiger charge is -2.18. The van der Waals surface area contributed by atoms with Gasteiger partial charge >= 0.3 is 5.69 Å². The third-order valence-corrected chi connectivity index (χ3v) is 4.49. The van der Waals surface area contributed by atoms with Gasteiger partial charge in [-0.05, 0) is 6.07 Å². The summed E-state index contributed by atoms with van der Waals surface area (Å²) in [6.07, 6.45) is 4.98. The van der Waals surface area contributed by atoms with Crippen molar-refractivity contribution in [2.75, 3.05) is 5.32 Å². The lowest BCUT2D eigenvalue weighted by atomic mass is 9.99. The van der Waals surface area contributed by atoms with Crippen LogP contribution in [0.4, 0.5) is 5.69 Å². The molecular weight excluding hydrogens is 320 g/mol. The zero-order valence-electron chi connectivity index (χ0n) is 12.8. The maximum Gasteiger partial charge on any atom is 0.325 e. The van der Waals surface area contributed by atoms with E-state index in [-0.39, 0.29) is 0 Å². The van der Waals surface area contributed by atoms with E-state index in [9.17, 15) is 9.59 Å². The molecule has 4 aromatic rings. The number of aromatic amines is 3. The number of benzene rings is 1. The Morgan fingerprint density at radius 2 is 1.80 bits per heavy atom. The highest BCUT2D eigenvalue weighted by Crippen LogP contribution is 2.42. The second-order valence-corrected chi connectivity index (χ2v) is 5.88. The van der Waals surface area contributed by atoms with Crippen LogP contribution in [0.15, 0.2) is 52.4 Å². The number of nitrogens with zero attached hydrogens (tertiary/aromatic N) is 2. The minimum absolute atomic E-state index is 0.417. The number of hydrogen-bond donors (Lipinski definition) is 4. The molecule has 25 heavy (non-hydrogen) atoms. The predicted octanol–water partition coefficient (Wildman–Crippen LogP) is 1.52. The van der Waals surface area contributed by atoms with E-state index in [1.54, 1.807) is 6.20 Å². The zero-order chi connectivity index (χ0) is 17.0. The molecule has 8 nitrogen and oxygen atoms in total. The molecule has 8 heteroatoms. The van der Waals surface area contributed by atoms with Crippen LogP contribution in [0.1, 0.15) is 17.2 Å². The van der Waals surface area contributed by atoms with Crippen LogP contribution in [-0.4, -0.2) is 25.1 Å². The monoisotopic (exact) mass is 332 g/mol. The Kier molecular flexibility index (Phi) is 2.69. The van der Waals surface area contributed by atoms with Gasteiger partial charge in [0.2, 0.25) is 0 Å². The van der Waals surface area contributed by atoms with Crippen molar-refractivity contribution >= 4 is 16.7 Å².